The minimum atomic E-state index is -0.893. The fourth-order valence-electron chi connectivity index (χ4n) is 3.43. The van der Waals surface area contributed by atoms with Crippen LogP contribution >= 0.6 is 0 Å². The zero-order valence-electron chi connectivity index (χ0n) is 18.0. The molecule has 3 N–H and O–H groups in total. The molecule has 0 saturated heterocycles. The molecule has 3 aromatic rings. The van der Waals surface area contributed by atoms with Gasteiger partial charge in [0.05, 0.1) is 0 Å². The average molecular weight is 421 g/mol. The molecule has 0 aliphatic rings. The second kappa shape index (κ2) is 10.1. The van der Waals surface area contributed by atoms with Gasteiger partial charge in [-0.3, -0.25) is 14.9 Å². The molecule has 0 aliphatic carbocycles. The van der Waals surface area contributed by atoms with E-state index in [9.17, 15) is 14.7 Å². The molecule has 1 unspecified atom stereocenters. The van der Waals surface area contributed by atoms with Gasteiger partial charge >= 0.3 is 5.97 Å². The van der Waals surface area contributed by atoms with Crippen LogP contribution in [0, 0.1) is 12.8 Å². The summed E-state index contributed by atoms with van der Waals surface area (Å²) in [5.74, 6) is -0.674. The molecule has 1 amide bonds. The molecule has 0 fully saturated rings. The van der Waals surface area contributed by atoms with Crippen LogP contribution in [0.1, 0.15) is 25.0 Å². The first kappa shape index (κ1) is 22.3. The number of carboxylic acid groups (broad SMARTS) is 1. The standard InChI is InChI=1S/C25H28N2O4/c1-16(2)24(25(29)30)26-14-21-20-7-5-4-6-18(20)10-13-22(21)31-15-23(28)27-19-11-8-17(3)9-12-19/h4-13,16,24,26H,14-15H2,1-3H3,(H,27,28)(H,29,30). The third-order valence-electron chi connectivity index (χ3n) is 5.12. The van der Waals surface area contributed by atoms with Crippen molar-refractivity contribution in [2.45, 2.75) is 33.4 Å². The van der Waals surface area contributed by atoms with Crippen LogP contribution in [0.25, 0.3) is 10.8 Å². The van der Waals surface area contributed by atoms with Gasteiger partial charge in [0.15, 0.2) is 6.61 Å². The highest BCUT2D eigenvalue weighted by molar-refractivity contribution is 5.92. The van der Waals surface area contributed by atoms with Gasteiger partial charge in [-0.25, -0.2) is 0 Å². The summed E-state index contributed by atoms with van der Waals surface area (Å²) < 4.78 is 5.86. The molecule has 0 aromatic heterocycles. The van der Waals surface area contributed by atoms with E-state index >= 15 is 0 Å². The Morgan fingerprint density at radius 2 is 1.71 bits per heavy atom. The minimum Gasteiger partial charge on any atom is -0.483 e. The third-order valence-corrected chi connectivity index (χ3v) is 5.12. The molecule has 1 atom stereocenters. The molecular weight excluding hydrogens is 392 g/mol. The number of aryl methyl sites for hydroxylation is 1. The molecule has 0 heterocycles. The SMILES string of the molecule is Cc1ccc(NC(=O)COc2ccc3ccccc3c2CNC(C(=O)O)C(C)C)cc1. The van der Waals surface area contributed by atoms with E-state index in [-0.39, 0.29) is 18.4 Å². The van der Waals surface area contributed by atoms with Crippen LogP contribution in [0.2, 0.25) is 0 Å². The van der Waals surface area contributed by atoms with E-state index in [0.717, 1.165) is 21.9 Å². The lowest BCUT2D eigenvalue weighted by Gasteiger charge is -2.20. The molecule has 0 spiro atoms. The Morgan fingerprint density at radius 3 is 2.39 bits per heavy atom. The Labute approximate surface area is 182 Å². The van der Waals surface area contributed by atoms with E-state index in [2.05, 4.69) is 10.6 Å². The van der Waals surface area contributed by atoms with Crippen molar-refractivity contribution in [1.29, 1.82) is 0 Å². The molecular formula is C25H28N2O4. The molecule has 0 aliphatic heterocycles. The summed E-state index contributed by atoms with van der Waals surface area (Å²) in [6.45, 7) is 5.87. The highest BCUT2D eigenvalue weighted by atomic mass is 16.5. The van der Waals surface area contributed by atoms with Gasteiger partial charge in [-0.15, -0.1) is 0 Å². The van der Waals surface area contributed by atoms with E-state index in [4.69, 9.17) is 4.74 Å². The maximum Gasteiger partial charge on any atom is 0.320 e. The van der Waals surface area contributed by atoms with E-state index in [1.807, 2.05) is 81.4 Å². The lowest BCUT2D eigenvalue weighted by atomic mass is 10.0. The second-order valence-electron chi connectivity index (χ2n) is 7.91. The van der Waals surface area contributed by atoms with Gasteiger partial charge in [-0.05, 0) is 41.8 Å². The van der Waals surface area contributed by atoms with Gasteiger partial charge in [0.2, 0.25) is 0 Å². The molecule has 6 heteroatoms. The summed E-state index contributed by atoms with van der Waals surface area (Å²) in [6.07, 6.45) is 0. The first-order chi connectivity index (χ1) is 14.8. The van der Waals surface area contributed by atoms with Crippen molar-refractivity contribution in [2.24, 2.45) is 5.92 Å². The van der Waals surface area contributed by atoms with Crippen molar-refractivity contribution >= 4 is 28.3 Å². The van der Waals surface area contributed by atoms with E-state index in [1.165, 1.54) is 0 Å². The normalized spacial score (nSPS) is 12.0. The smallest absolute Gasteiger partial charge is 0.320 e. The number of carbonyl (C=O) groups excluding carboxylic acids is 1. The molecule has 0 bridgehead atoms. The number of amides is 1. The number of carboxylic acids is 1. The lowest BCUT2D eigenvalue weighted by molar-refractivity contribution is -0.140. The number of carbonyl (C=O) groups is 2. The predicted octanol–water partition coefficient (Wildman–Crippen LogP) is 4.36. The van der Waals surface area contributed by atoms with Crippen LogP contribution in [-0.4, -0.2) is 29.6 Å². The van der Waals surface area contributed by atoms with Crippen LogP contribution in [-0.2, 0) is 16.1 Å². The Morgan fingerprint density at radius 1 is 1.00 bits per heavy atom. The van der Waals surface area contributed by atoms with Crippen LogP contribution in [0.15, 0.2) is 60.7 Å². The zero-order valence-corrected chi connectivity index (χ0v) is 18.0. The number of aliphatic carboxylic acids is 1. The topological polar surface area (TPSA) is 87.7 Å². The van der Waals surface area contributed by atoms with Crippen molar-refractivity contribution in [1.82, 2.24) is 5.32 Å². The molecule has 0 radical (unpaired) electrons. The molecule has 3 aromatic carbocycles. The van der Waals surface area contributed by atoms with E-state index < -0.39 is 12.0 Å². The maximum absolute atomic E-state index is 12.4. The summed E-state index contributed by atoms with van der Waals surface area (Å²) in [5.41, 5.74) is 2.65. The van der Waals surface area contributed by atoms with Crippen LogP contribution in [0.5, 0.6) is 5.75 Å². The third kappa shape index (κ3) is 5.83. The fraction of sp³-hybridized carbons (Fsp3) is 0.280. The Balaban J connectivity index is 1.77. The zero-order chi connectivity index (χ0) is 22.4. The van der Waals surface area contributed by atoms with Crippen LogP contribution in [0.3, 0.4) is 0 Å². The van der Waals surface area contributed by atoms with Crippen LogP contribution in [0.4, 0.5) is 5.69 Å². The first-order valence-electron chi connectivity index (χ1n) is 10.3. The molecule has 31 heavy (non-hydrogen) atoms. The number of nitrogens with one attached hydrogen (secondary N) is 2. The van der Waals surface area contributed by atoms with Gasteiger partial charge in [0.1, 0.15) is 11.8 Å². The van der Waals surface area contributed by atoms with Gasteiger partial charge in [-0.2, -0.15) is 0 Å². The average Bonchev–Trinajstić information content (AvgIpc) is 2.74. The van der Waals surface area contributed by atoms with Crippen molar-refractivity contribution in [3.8, 4) is 5.75 Å². The summed E-state index contributed by atoms with van der Waals surface area (Å²) in [7, 11) is 0. The number of anilines is 1. The highest BCUT2D eigenvalue weighted by Gasteiger charge is 2.22. The number of hydrogen-bond acceptors (Lipinski definition) is 4. The minimum absolute atomic E-state index is 0.0721. The largest absolute Gasteiger partial charge is 0.483 e. The monoisotopic (exact) mass is 420 g/mol. The van der Waals surface area contributed by atoms with Gasteiger partial charge in [0, 0.05) is 17.8 Å². The summed E-state index contributed by atoms with van der Waals surface area (Å²) in [6, 6.07) is 18.5. The van der Waals surface area contributed by atoms with Gasteiger partial charge < -0.3 is 15.2 Å². The summed E-state index contributed by atoms with van der Waals surface area (Å²) >= 11 is 0. The molecule has 6 nitrogen and oxygen atoms in total. The molecule has 162 valence electrons. The lowest BCUT2D eigenvalue weighted by Crippen LogP contribution is -2.40. The highest BCUT2D eigenvalue weighted by Crippen LogP contribution is 2.28. The number of benzene rings is 3. The quantitative estimate of drug-likeness (QED) is 0.479. The van der Waals surface area contributed by atoms with E-state index in [0.29, 0.717) is 18.0 Å². The number of hydrogen-bond donors (Lipinski definition) is 3. The summed E-state index contributed by atoms with van der Waals surface area (Å²) in [4.78, 5) is 23.9. The number of ether oxygens (including phenoxy) is 1. The Hall–Kier alpha value is -3.38. The van der Waals surface area contributed by atoms with Crippen molar-refractivity contribution < 1.29 is 19.4 Å². The van der Waals surface area contributed by atoms with Gasteiger partial charge in [-0.1, -0.05) is 61.9 Å². The van der Waals surface area contributed by atoms with Crippen molar-refractivity contribution in [3.63, 3.8) is 0 Å². The molecule has 0 saturated carbocycles. The number of fused-ring (bicyclic) bond motifs is 1. The first-order valence-corrected chi connectivity index (χ1v) is 10.3. The molecule has 3 rings (SSSR count). The Bertz CT molecular complexity index is 1060. The Kier molecular flexibility index (Phi) is 7.26. The van der Waals surface area contributed by atoms with Crippen molar-refractivity contribution in [3.05, 3.63) is 71.8 Å². The van der Waals surface area contributed by atoms with Gasteiger partial charge in [0.25, 0.3) is 5.91 Å². The second-order valence-corrected chi connectivity index (χ2v) is 7.91. The van der Waals surface area contributed by atoms with Crippen LogP contribution < -0.4 is 15.4 Å². The van der Waals surface area contributed by atoms with Crippen molar-refractivity contribution in [2.75, 3.05) is 11.9 Å². The number of rotatable bonds is 9. The fourth-order valence-corrected chi connectivity index (χ4v) is 3.43. The van der Waals surface area contributed by atoms with E-state index in [1.54, 1.807) is 0 Å². The predicted molar refractivity (Wildman–Crippen MR) is 122 cm³/mol. The maximum atomic E-state index is 12.4. The summed E-state index contributed by atoms with van der Waals surface area (Å²) in [5, 5.41) is 17.4.